The summed E-state index contributed by atoms with van der Waals surface area (Å²) in [7, 11) is 0. The fourth-order valence-electron chi connectivity index (χ4n) is 3.33. The Morgan fingerprint density at radius 1 is 1.00 bits per heavy atom. The van der Waals surface area contributed by atoms with Crippen molar-refractivity contribution in [3.8, 4) is 5.75 Å². The topological polar surface area (TPSA) is 87.6 Å². The van der Waals surface area contributed by atoms with Crippen molar-refractivity contribution in [2.75, 3.05) is 28.7 Å². The monoisotopic (exact) mass is 431 g/mol. The van der Waals surface area contributed by atoms with Gasteiger partial charge in [-0.05, 0) is 50.5 Å². The lowest BCUT2D eigenvalue weighted by molar-refractivity contribution is 0.217. The van der Waals surface area contributed by atoms with Crippen molar-refractivity contribution < 1.29 is 4.74 Å². The fourth-order valence-corrected chi connectivity index (χ4v) is 3.33. The highest BCUT2D eigenvalue weighted by Crippen LogP contribution is 2.21. The van der Waals surface area contributed by atoms with Crippen LogP contribution in [0.15, 0.2) is 59.7 Å². The third-order valence-corrected chi connectivity index (χ3v) is 5.23. The number of anilines is 4. The van der Waals surface area contributed by atoms with E-state index in [2.05, 4.69) is 49.5 Å². The van der Waals surface area contributed by atoms with Gasteiger partial charge in [0, 0.05) is 24.3 Å². The van der Waals surface area contributed by atoms with Gasteiger partial charge in [-0.15, -0.1) is 0 Å². The summed E-state index contributed by atoms with van der Waals surface area (Å²) in [6.07, 6.45) is 5.07. The van der Waals surface area contributed by atoms with Gasteiger partial charge in [0.2, 0.25) is 17.8 Å². The molecule has 0 unspecified atom stereocenters. The number of nitrogens with zero attached hydrogens (tertiary/aromatic N) is 5. The first-order valence-corrected chi connectivity index (χ1v) is 11.1. The zero-order chi connectivity index (χ0) is 22.2. The molecule has 0 aliphatic carbocycles. The molecule has 3 aromatic rings. The third-order valence-electron chi connectivity index (χ3n) is 5.23. The molecule has 0 amide bonds. The summed E-state index contributed by atoms with van der Waals surface area (Å²) in [6, 6.07) is 17.7. The summed E-state index contributed by atoms with van der Waals surface area (Å²) in [4.78, 5) is 15.9. The van der Waals surface area contributed by atoms with Gasteiger partial charge in [-0.25, -0.2) is 5.43 Å². The van der Waals surface area contributed by atoms with E-state index in [1.165, 1.54) is 0 Å². The first-order valence-electron chi connectivity index (χ1n) is 11.1. The molecule has 0 bridgehead atoms. The second kappa shape index (κ2) is 10.6. The average molecular weight is 432 g/mol. The molecule has 1 fully saturated rings. The lowest BCUT2D eigenvalue weighted by Crippen LogP contribution is -2.21. The summed E-state index contributed by atoms with van der Waals surface area (Å²) in [5, 5.41) is 7.62. The number of hydrogen-bond acceptors (Lipinski definition) is 8. The molecule has 2 heterocycles. The van der Waals surface area contributed by atoms with Crippen LogP contribution in [0.2, 0.25) is 0 Å². The first kappa shape index (κ1) is 21.5. The molecule has 1 atom stereocenters. The second-order valence-corrected chi connectivity index (χ2v) is 7.71. The lowest BCUT2D eigenvalue weighted by Gasteiger charge is -2.16. The molecular weight excluding hydrogens is 402 g/mol. The van der Waals surface area contributed by atoms with Gasteiger partial charge in [0.25, 0.3) is 0 Å². The van der Waals surface area contributed by atoms with Crippen molar-refractivity contribution >= 4 is 29.7 Å². The summed E-state index contributed by atoms with van der Waals surface area (Å²) >= 11 is 0. The summed E-state index contributed by atoms with van der Waals surface area (Å²) in [5.74, 6) is 2.31. The zero-order valence-electron chi connectivity index (χ0n) is 18.5. The highest BCUT2D eigenvalue weighted by molar-refractivity contribution is 5.83. The molecule has 0 saturated carbocycles. The maximum Gasteiger partial charge on any atom is 0.250 e. The molecule has 0 radical (unpaired) electrons. The fraction of sp³-hybridized carbons (Fsp3) is 0.333. The lowest BCUT2D eigenvalue weighted by atomic mass is 10.2. The van der Waals surface area contributed by atoms with Gasteiger partial charge in [0.1, 0.15) is 5.75 Å². The third kappa shape index (κ3) is 5.72. The van der Waals surface area contributed by atoms with E-state index in [1.807, 2.05) is 54.6 Å². The minimum absolute atomic E-state index is 0.135. The molecule has 2 N–H and O–H groups in total. The Hall–Kier alpha value is -3.68. The molecule has 0 spiro atoms. The molecule has 1 aliphatic heterocycles. The molecule has 32 heavy (non-hydrogen) atoms. The highest BCUT2D eigenvalue weighted by atomic mass is 16.5. The van der Waals surface area contributed by atoms with Gasteiger partial charge >= 0.3 is 0 Å². The minimum atomic E-state index is 0.135. The van der Waals surface area contributed by atoms with Crippen LogP contribution in [0.5, 0.6) is 5.75 Å². The van der Waals surface area contributed by atoms with E-state index in [-0.39, 0.29) is 6.10 Å². The number of ether oxygens (including phenoxy) is 1. The molecule has 8 heteroatoms. The predicted octanol–water partition coefficient (Wildman–Crippen LogP) is 4.84. The summed E-state index contributed by atoms with van der Waals surface area (Å²) in [5.41, 5.74) is 4.76. The number of rotatable bonds is 9. The summed E-state index contributed by atoms with van der Waals surface area (Å²) in [6.45, 7) is 6.04. The Bertz CT molecular complexity index is 1040. The van der Waals surface area contributed by atoms with Crippen molar-refractivity contribution in [2.24, 2.45) is 5.10 Å². The molecule has 8 nitrogen and oxygen atoms in total. The van der Waals surface area contributed by atoms with Crippen LogP contribution in [0.25, 0.3) is 0 Å². The number of para-hydroxylation sites is 2. The van der Waals surface area contributed by atoms with E-state index in [4.69, 9.17) is 4.74 Å². The smallest absolute Gasteiger partial charge is 0.250 e. The van der Waals surface area contributed by atoms with E-state index in [1.54, 1.807) is 6.21 Å². The highest BCUT2D eigenvalue weighted by Gasteiger charge is 2.17. The molecule has 166 valence electrons. The largest absolute Gasteiger partial charge is 0.490 e. The van der Waals surface area contributed by atoms with Gasteiger partial charge in [0.05, 0.1) is 12.3 Å². The van der Waals surface area contributed by atoms with E-state index < -0.39 is 0 Å². The number of hydrogen-bond donors (Lipinski definition) is 2. The van der Waals surface area contributed by atoms with E-state index in [0.29, 0.717) is 17.8 Å². The Morgan fingerprint density at radius 2 is 1.72 bits per heavy atom. The SMILES string of the molecule is CC[C@@H](C)Oc1ccccc1/C=N\Nc1nc(Nc2ccccc2)nc(N2CCCC2)n1. The van der Waals surface area contributed by atoms with Gasteiger partial charge in [0.15, 0.2) is 0 Å². The molecule has 1 aliphatic rings. The van der Waals surface area contributed by atoms with Crippen LogP contribution in [0.3, 0.4) is 0 Å². The maximum absolute atomic E-state index is 5.99. The Morgan fingerprint density at radius 3 is 2.50 bits per heavy atom. The first-order chi connectivity index (χ1) is 15.7. The van der Waals surface area contributed by atoms with Gasteiger partial charge in [-0.3, -0.25) is 0 Å². The van der Waals surface area contributed by atoms with Crippen molar-refractivity contribution in [1.29, 1.82) is 0 Å². The van der Waals surface area contributed by atoms with Crippen LogP contribution >= 0.6 is 0 Å². The van der Waals surface area contributed by atoms with Crippen LogP contribution in [-0.2, 0) is 0 Å². The molecule has 1 saturated heterocycles. The van der Waals surface area contributed by atoms with Crippen LogP contribution < -0.4 is 20.4 Å². The van der Waals surface area contributed by atoms with Crippen LogP contribution in [0.1, 0.15) is 38.7 Å². The van der Waals surface area contributed by atoms with Gasteiger partial charge in [-0.2, -0.15) is 20.1 Å². The quantitative estimate of drug-likeness (QED) is 0.370. The summed E-state index contributed by atoms with van der Waals surface area (Å²) < 4.78 is 5.99. The van der Waals surface area contributed by atoms with Crippen LogP contribution in [0.4, 0.5) is 23.5 Å². The second-order valence-electron chi connectivity index (χ2n) is 7.71. The number of nitrogens with one attached hydrogen (secondary N) is 2. The number of aromatic nitrogens is 3. The Balaban J connectivity index is 1.54. The predicted molar refractivity (Wildman–Crippen MR) is 129 cm³/mol. The van der Waals surface area contributed by atoms with Gasteiger partial charge in [-0.1, -0.05) is 37.3 Å². The Labute approximate surface area is 188 Å². The number of hydrazone groups is 1. The minimum Gasteiger partial charge on any atom is -0.490 e. The van der Waals surface area contributed by atoms with Crippen LogP contribution in [0, 0.1) is 0 Å². The van der Waals surface area contributed by atoms with E-state index in [9.17, 15) is 0 Å². The maximum atomic E-state index is 5.99. The molecular formula is C24H29N7O. The number of benzene rings is 2. The normalized spacial score (nSPS) is 14.5. The van der Waals surface area contributed by atoms with Crippen molar-refractivity contribution in [3.05, 3.63) is 60.2 Å². The van der Waals surface area contributed by atoms with Crippen LogP contribution in [-0.4, -0.2) is 40.4 Å². The van der Waals surface area contributed by atoms with Crippen molar-refractivity contribution in [1.82, 2.24) is 15.0 Å². The van der Waals surface area contributed by atoms with Crippen molar-refractivity contribution in [2.45, 2.75) is 39.2 Å². The molecule has 1 aromatic heterocycles. The standard InChI is InChI=1S/C24H29N7O/c1-3-18(2)32-21-14-8-7-11-19(21)17-25-30-23-27-22(26-20-12-5-4-6-13-20)28-24(29-23)31-15-9-10-16-31/h4-8,11-14,17-18H,3,9-10,15-16H2,1-2H3,(H2,26,27,28,29,30)/b25-17-/t18-/m1/s1. The Kier molecular flexibility index (Phi) is 7.12. The van der Waals surface area contributed by atoms with E-state index >= 15 is 0 Å². The molecule has 4 rings (SSSR count). The van der Waals surface area contributed by atoms with E-state index in [0.717, 1.165) is 49.4 Å². The zero-order valence-corrected chi connectivity index (χ0v) is 18.5. The average Bonchev–Trinajstić information content (AvgIpc) is 3.36. The molecule has 2 aromatic carbocycles. The van der Waals surface area contributed by atoms with Crippen molar-refractivity contribution in [3.63, 3.8) is 0 Å². The van der Waals surface area contributed by atoms with Gasteiger partial charge < -0.3 is 15.0 Å².